The van der Waals surface area contributed by atoms with Crippen LogP contribution in [0.25, 0.3) is 0 Å². The molecular formula is C20H26N6O. The lowest BCUT2D eigenvalue weighted by Crippen LogP contribution is -2.39. The van der Waals surface area contributed by atoms with Gasteiger partial charge in [-0.15, -0.1) is 0 Å². The van der Waals surface area contributed by atoms with Crippen LogP contribution in [-0.4, -0.2) is 43.8 Å². The van der Waals surface area contributed by atoms with Gasteiger partial charge in [-0.25, -0.2) is 19.9 Å². The summed E-state index contributed by atoms with van der Waals surface area (Å²) in [7, 11) is 0. The number of carbonyl (C=O) groups excluding carboxylic acids is 1. The van der Waals surface area contributed by atoms with E-state index >= 15 is 0 Å². The minimum absolute atomic E-state index is 0.256. The van der Waals surface area contributed by atoms with Crippen molar-refractivity contribution in [2.75, 3.05) is 18.4 Å². The zero-order valence-electron chi connectivity index (χ0n) is 15.5. The van der Waals surface area contributed by atoms with Crippen molar-refractivity contribution in [3.8, 4) is 0 Å². The van der Waals surface area contributed by atoms with Crippen LogP contribution >= 0.6 is 0 Å². The van der Waals surface area contributed by atoms with Crippen molar-refractivity contribution in [1.29, 1.82) is 0 Å². The number of anilines is 2. The van der Waals surface area contributed by atoms with Gasteiger partial charge in [-0.3, -0.25) is 10.1 Å². The van der Waals surface area contributed by atoms with Crippen LogP contribution in [0.15, 0.2) is 30.7 Å². The molecule has 4 rings (SSSR count). The Bertz CT molecular complexity index is 762. The minimum atomic E-state index is 0.256. The number of nitrogens with one attached hydrogen (secondary N) is 1. The van der Waals surface area contributed by atoms with Crippen molar-refractivity contribution in [3.63, 3.8) is 0 Å². The van der Waals surface area contributed by atoms with Crippen LogP contribution in [0.4, 0.5) is 11.9 Å². The molecule has 7 nitrogen and oxygen atoms in total. The molecule has 1 saturated carbocycles. The van der Waals surface area contributed by atoms with E-state index in [0.29, 0.717) is 30.1 Å². The van der Waals surface area contributed by atoms with Gasteiger partial charge in [-0.1, -0.05) is 12.8 Å². The number of amides is 1. The summed E-state index contributed by atoms with van der Waals surface area (Å²) < 4.78 is 0. The van der Waals surface area contributed by atoms with Crippen LogP contribution in [-0.2, 0) is 4.79 Å². The van der Waals surface area contributed by atoms with Crippen LogP contribution < -0.4 is 5.32 Å². The van der Waals surface area contributed by atoms with Gasteiger partial charge >= 0.3 is 0 Å². The molecule has 2 aromatic rings. The fourth-order valence-electron chi connectivity index (χ4n) is 4.16. The Balaban J connectivity index is 1.40. The fraction of sp³-hybridized carbons (Fsp3) is 0.550. The lowest BCUT2D eigenvalue weighted by molar-refractivity contribution is -0.133. The van der Waals surface area contributed by atoms with Crippen molar-refractivity contribution >= 4 is 17.8 Å². The van der Waals surface area contributed by atoms with Gasteiger partial charge in [0, 0.05) is 44.0 Å². The first-order valence-electron chi connectivity index (χ1n) is 9.92. The predicted molar refractivity (Wildman–Crippen MR) is 102 cm³/mol. The Labute approximate surface area is 159 Å². The summed E-state index contributed by atoms with van der Waals surface area (Å²) in [5.41, 5.74) is 0.974. The van der Waals surface area contributed by atoms with E-state index in [9.17, 15) is 4.79 Å². The topological polar surface area (TPSA) is 83.9 Å². The molecule has 1 unspecified atom stereocenters. The fourth-order valence-corrected chi connectivity index (χ4v) is 4.16. The van der Waals surface area contributed by atoms with Crippen LogP contribution in [0.3, 0.4) is 0 Å². The first-order valence-corrected chi connectivity index (χ1v) is 9.92. The van der Waals surface area contributed by atoms with E-state index in [1.54, 1.807) is 24.7 Å². The Morgan fingerprint density at radius 2 is 1.81 bits per heavy atom. The van der Waals surface area contributed by atoms with E-state index in [4.69, 9.17) is 0 Å². The Hall–Kier alpha value is -2.57. The van der Waals surface area contributed by atoms with Crippen molar-refractivity contribution in [2.24, 2.45) is 5.92 Å². The highest BCUT2D eigenvalue weighted by Gasteiger charge is 2.28. The molecule has 2 fully saturated rings. The molecule has 0 bridgehead atoms. The van der Waals surface area contributed by atoms with Crippen molar-refractivity contribution < 1.29 is 4.79 Å². The average molecular weight is 366 g/mol. The highest BCUT2D eigenvalue weighted by Crippen LogP contribution is 2.30. The molecule has 1 saturated heterocycles. The number of carbonyl (C=O) groups is 1. The molecule has 1 amide bonds. The summed E-state index contributed by atoms with van der Waals surface area (Å²) in [5, 5.41) is 3.04. The molecule has 1 atom stereocenters. The molecule has 1 aliphatic heterocycles. The lowest BCUT2D eigenvalue weighted by atomic mass is 9.93. The van der Waals surface area contributed by atoms with E-state index < -0.39 is 0 Å². The Morgan fingerprint density at radius 1 is 1.04 bits per heavy atom. The smallest absolute Gasteiger partial charge is 0.229 e. The molecule has 142 valence electrons. The SMILES string of the molecule is O=C(CC1CCCC1)N1CCCC(c2ccnc(Nc3ncccn3)n2)C1. The summed E-state index contributed by atoms with van der Waals surface area (Å²) in [6.45, 7) is 1.62. The van der Waals surface area contributed by atoms with Crippen molar-refractivity contribution in [1.82, 2.24) is 24.8 Å². The molecule has 2 aliphatic rings. The second-order valence-electron chi connectivity index (χ2n) is 7.54. The van der Waals surface area contributed by atoms with E-state index in [1.807, 2.05) is 11.0 Å². The summed E-state index contributed by atoms with van der Waals surface area (Å²) in [6.07, 6.45) is 12.9. The summed E-state index contributed by atoms with van der Waals surface area (Å²) in [4.78, 5) is 32.0. The van der Waals surface area contributed by atoms with Gasteiger partial charge in [0.2, 0.25) is 17.8 Å². The van der Waals surface area contributed by atoms with E-state index in [2.05, 4.69) is 25.3 Å². The highest BCUT2D eigenvalue weighted by atomic mass is 16.2. The third-order valence-electron chi connectivity index (χ3n) is 5.60. The minimum Gasteiger partial charge on any atom is -0.342 e. The molecule has 0 radical (unpaired) electrons. The molecule has 7 heteroatoms. The number of nitrogens with zero attached hydrogens (tertiary/aromatic N) is 5. The molecule has 1 aliphatic carbocycles. The number of likely N-dealkylation sites (tertiary alicyclic amines) is 1. The molecule has 27 heavy (non-hydrogen) atoms. The number of hydrogen-bond donors (Lipinski definition) is 1. The Kier molecular flexibility index (Phi) is 5.55. The van der Waals surface area contributed by atoms with Gasteiger partial charge in [-0.2, -0.15) is 0 Å². The van der Waals surface area contributed by atoms with E-state index in [1.165, 1.54) is 25.7 Å². The van der Waals surface area contributed by atoms with Crippen LogP contribution in [0.1, 0.15) is 56.6 Å². The summed E-state index contributed by atoms with van der Waals surface area (Å²) in [5.74, 6) is 2.14. The molecule has 3 heterocycles. The summed E-state index contributed by atoms with van der Waals surface area (Å²) in [6, 6.07) is 3.72. The lowest BCUT2D eigenvalue weighted by Gasteiger charge is -2.33. The first kappa shape index (κ1) is 17.8. The largest absolute Gasteiger partial charge is 0.342 e. The first-order chi connectivity index (χ1) is 13.3. The van der Waals surface area contributed by atoms with Crippen molar-refractivity contribution in [2.45, 2.75) is 50.9 Å². The van der Waals surface area contributed by atoms with E-state index in [0.717, 1.165) is 31.6 Å². The number of piperidine rings is 1. The predicted octanol–water partition coefficient (Wildman–Crippen LogP) is 3.30. The van der Waals surface area contributed by atoms with Crippen LogP contribution in [0.5, 0.6) is 0 Å². The maximum Gasteiger partial charge on any atom is 0.229 e. The molecule has 0 aromatic carbocycles. The van der Waals surface area contributed by atoms with Gasteiger partial charge in [0.25, 0.3) is 0 Å². The van der Waals surface area contributed by atoms with Gasteiger partial charge in [0.15, 0.2) is 0 Å². The van der Waals surface area contributed by atoms with Crippen LogP contribution in [0, 0.1) is 5.92 Å². The summed E-state index contributed by atoms with van der Waals surface area (Å²) >= 11 is 0. The Morgan fingerprint density at radius 3 is 2.63 bits per heavy atom. The van der Waals surface area contributed by atoms with Gasteiger partial charge < -0.3 is 4.90 Å². The van der Waals surface area contributed by atoms with E-state index in [-0.39, 0.29) is 5.92 Å². The second kappa shape index (κ2) is 8.41. The number of hydrogen-bond acceptors (Lipinski definition) is 6. The molecule has 2 aromatic heterocycles. The normalized spacial score (nSPS) is 20.6. The highest BCUT2D eigenvalue weighted by molar-refractivity contribution is 5.76. The number of aromatic nitrogens is 4. The quantitative estimate of drug-likeness (QED) is 0.874. The third kappa shape index (κ3) is 4.59. The standard InChI is InChI=1S/C20H26N6O/c27-18(13-15-5-1-2-6-15)26-12-3-7-16(14-26)17-8-11-23-20(24-17)25-19-21-9-4-10-22-19/h4,8-11,15-16H,1-3,5-7,12-14H2,(H,21,22,23,24,25). The maximum absolute atomic E-state index is 12.7. The van der Waals surface area contributed by atoms with Crippen molar-refractivity contribution in [3.05, 3.63) is 36.4 Å². The average Bonchev–Trinajstić information content (AvgIpc) is 3.22. The molecule has 0 spiro atoms. The molecule has 1 N–H and O–H groups in total. The zero-order chi connectivity index (χ0) is 18.5. The maximum atomic E-state index is 12.7. The van der Waals surface area contributed by atoms with Gasteiger partial charge in [0.05, 0.1) is 5.69 Å². The monoisotopic (exact) mass is 366 g/mol. The van der Waals surface area contributed by atoms with Gasteiger partial charge in [-0.05, 0) is 43.7 Å². The molecular weight excluding hydrogens is 340 g/mol. The van der Waals surface area contributed by atoms with Crippen LogP contribution in [0.2, 0.25) is 0 Å². The second-order valence-corrected chi connectivity index (χ2v) is 7.54. The number of rotatable bonds is 5. The third-order valence-corrected chi connectivity index (χ3v) is 5.60. The van der Waals surface area contributed by atoms with Gasteiger partial charge in [0.1, 0.15) is 0 Å². The zero-order valence-corrected chi connectivity index (χ0v) is 15.5.